The van der Waals surface area contributed by atoms with Crippen LogP contribution in [0, 0.1) is 11.3 Å². The van der Waals surface area contributed by atoms with Gasteiger partial charge in [-0.15, -0.1) is 0 Å². The third-order valence-electron chi connectivity index (χ3n) is 3.09. The number of ether oxygens (including phenoxy) is 1. The molecule has 0 unspecified atom stereocenters. The molecule has 0 aliphatic rings. The molecule has 0 heterocycles. The summed E-state index contributed by atoms with van der Waals surface area (Å²) in [6, 6.07) is 14.6. The van der Waals surface area contributed by atoms with Crippen molar-refractivity contribution in [1.82, 2.24) is 0 Å². The van der Waals surface area contributed by atoms with Crippen molar-refractivity contribution in [2.24, 2.45) is 0 Å². The Bertz CT molecular complexity index is 726. The highest BCUT2D eigenvalue weighted by molar-refractivity contribution is 7.83. The van der Waals surface area contributed by atoms with E-state index in [1.165, 1.54) is 0 Å². The number of hydrogen-bond acceptors (Lipinski definition) is 4. The third kappa shape index (κ3) is 5.59. The summed E-state index contributed by atoms with van der Waals surface area (Å²) in [5, 5.41) is 12.6. The zero-order chi connectivity index (χ0) is 16.7. The van der Waals surface area contributed by atoms with Gasteiger partial charge in [-0.1, -0.05) is 11.6 Å². The molecule has 6 heteroatoms. The van der Waals surface area contributed by atoms with Crippen molar-refractivity contribution in [3.63, 3.8) is 0 Å². The van der Waals surface area contributed by atoms with Gasteiger partial charge < -0.3 is 10.1 Å². The number of rotatable bonds is 7. The number of nitriles is 1. The smallest absolute Gasteiger partial charge is 0.119 e. The van der Waals surface area contributed by atoms with Crippen LogP contribution in [-0.4, -0.2) is 23.6 Å². The van der Waals surface area contributed by atoms with Crippen molar-refractivity contribution in [2.75, 3.05) is 24.7 Å². The van der Waals surface area contributed by atoms with Crippen molar-refractivity contribution < 1.29 is 8.95 Å². The summed E-state index contributed by atoms with van der Waals surface area (Å²) in [5.41, 5.74) is 2.39. The Kier molecular flexibility index (Phi) is 6.45. The predicted molar refractivity (Wildman–Crippen MR) is 94.4 cm³/mol. The normalized spacial score (nSPS) is 11.5. The molecular formula is C17H17ClN2O2S. The number of benzene rings is 2. The van der Waals surface area contributed by atoms with Crippen LogP contribution in [0.25, 0.3) is 0 Å². The molecule has 0 aliphatic heterocycles. The zero-order valence-electron chi connectivity index (χ0n) is 12.7. The Morgan fingerprint density at radius 2 is 2.00 bits per heavy atom. The van der Waals surface area contributed by atoms with E-state index in [4.69, 9.17) is 21.6 Å². The largest absolute Gasteiger partial charge is 0.492 e. The highest BCUT2D eigenvalue weighted by atomic mass is 35.5. The average molecular weight is 349 g/mol. The van der Waals surface area contributed by atoms with E-state index in [0.717, 1.165) is 17.0 Å². The van der Waals surface area contributed by atoms with Crippen molar-refractivity contribution >= 4 is 28.1 Å². The molecule has 2 aromatic carbocycles. The summed E-state index contributed by atoms with van der Waals surface area (Å²) in [6.07, 6.45) is 1.65. The first-order valence-corrected chi connectivity index (χ1v) is 9.14. The second-order valence-corrected chi connectivity index (χ2v) is 6.78. The number of anilines is 1. The number of nitrogens with zero attached hydrogens (tertiary/aromatic N) is 1. The topological polar surface area (TPSA) is 62.1 Å². The van der Waals surface area contributed by atoms with Gasteiger partial charge in [0.05, 0.1) is 11.6 Å². The van der Waals surface area contributed by atoms with Crippen LogP contribution >= 0.6 is 11.6 Å². The van der Waals surface area contributed by atoms with E-state index >= 15 is 0 Å². The SMILES string of the molecule is C[S@@](=O)Cc1cc(NCCOc2ccc(C#N)cc2)ccc1Cl. The highest BCUT2D eigenvalue weighted by Crippen LogP contribution is 2.21. The predicted octanol–water partition coefficient (Wildman–Crippen LogP) is 3.58. The monoisotopic (exact) mass is 348 g/mol. The van der Waals surface area contributed by atoms with E-state index in [0.29, 0.717) is 29.5 Å². The lowest BCUT2D eigenvalue weighted by atomic mass is 10.2. The average Bonchev–Trinajstić information content (AvgIpc) is 2.54. The maximum atomic E-state index is 11.3. The quantitative estimate of drug-likeness (QED) is 0.777. The molecule has 0 aliphatic carbocycles. The molecule has 0 radical (unpaired) electrons. The Morgan fingerprint density at radius 3 is 2.65 bits per heavy atom. The summed E-state index contributed by atoms with van der Waals surface area (Å²) >= 11 is 6.10. The van der Waals surface area contributed by atoms with Gasteiger partial charge in [0.25, 0.3) is 0 Å². The highest BCUT2D eigenvalue weighted by Gasteiger charge is 2.04. The van der Waals surface area contributed by atoms with E-state index < -0.39 is 10.8 Å². The van der Waals surface area contributed by atoms with Crippen molar-refractivity contribution in [3.8, 4) is 11.8 Å². The number of hydrogen-bond donors (Lipinski definition) is 1. The second kappa shape index (κ2) is 8.56. The molecule has 0 amide bonds. The Labute approximate surface area is 143 Å². The van der Waals surface area contributed by atoms with Crippen LogP contribution in [0.5, 0.6) is 5.75 Å². The Balaban J connectivity index is 1.84. The minimum Gasteiger partial charge on any atom is -0.492 e. The summed E-state index contributed by atoms with van der Waals surface area (Å²) in [7, 11) is -0.930. The molecule has 2 rings (SSSR count). The molecular weight excluding hydrogens is 332 g/mol. The fourth-order valence-corrected chi connectivity index (χ4v) is 2.94. The molecule has 120 valence electrons. The summed E-state index contributed by atoms with van der Waals surface area (Å²) in [6.45, 7) is 1.11. The van der Waals surface area contributed by atoms with Gasteiger partial charge in [0.2, 0.25) is 0 Å². The molecule has 2 aromatic rings. The van der Waals surface area contributed by atoms with E-state index in [1.807, 2.05) is 12.1 Å². The van der Waals surface area contributed by atoms with Gasteiger partial charge in [0, 0.05) is 40.1 Å². The third-order valence-corrected chi connectivity index (χ3v) is 4.17. The van der Waals surface area contributed by atoms with Crippen molar-refractivity contribution in [1.29, 1.82) is 5.26 Å². The standard InChI is InChI=1S/C17H17ClN2O2S/c1-23(21)12-14-10-15(4-7-17(14)18)20-8-9-22-16-5-2-13(11-19)3-6-16/h2-7,10,20H,8-9,12H2,1H3/t23-/m1/s1. The lowest BCUT2D eigenvalue weighted by Gasteiger charge is -2.10. The van der Waals surface area contributed by atoms with Gasteiger partial charge >= 0.3 is 0 Å². The molecule has 23 heavy (non-hydrogen) atoms. The molecule has 0 spiro atoms. The van der Waals surface area contributed by atoms with Gasteiger partial charge in [0.1, 0.15) is 12.4 Å². The molecule has 0 aromatic heterocycles. The molecule has 0 bridgehead atoms. The summed E-state index contributed by atoms with van der Waals surface area (Å²) in [5.74, 6) is 1.17. The molecule has 1 atom stereocenters. The molecule has 0 saturated heterocycles. The van der Waals surface area contributed by atoms with Crippen LogP contribution in [0.2, 0.25) is 5.02 Å². The fourth-order valence-electron chi connectivity index (χ4n) is 2.00. The molecule has 0 saturated carbocycles. The maximum absolute atomic E-state index is 11.3. The van der Waals surface area contributed by atoms with E-state index in [1.54, 1.807) is 36.6 Å². The van der Waals surface area contributed by atoms with Gasteiger partial charge in [-0.25, -0.2) is 0 Å². The minimum absolute atomic E-state index is 0.441. The maximum Gasteiger partial charge on any atom is 0.119 e. The van der Waals surface area contributed by atoms with E-state index in [9.17, 15) is 4.21 Å². The molecule has 1 N–H and O–H groups in total. The van der Waals surface area contributed by atoms with Crippen LogP contribution < -0.4 is 10.1 Å². The lowest BCUT2D eigenvalue weighted by Crippen LogP contribution is -2.11. The second-order valence-electron chi connectivity index (χ2n) is 4.94. The van der Waals surface area contributed by atoms with Crippen LogP contribution in [0.15, 0.2) is 42.5 Å². The zero-order valence-corrected chi connectivity index (χ0v) is 14.3. The van der Waals surface area contributed by atoms with Crippen molar-refractivity contribution in [3.05, 3.63) is 58.6 Å². The number of nitrogens with one attached hydrogen (secondary N) is 1. The van der Waals surface area contributed by atoms with Gasteiger partial charge in [-0.3, -0.25) is 4.21 Å². The first-order chi connectivity index (χ1) is 11.1. The Morgan fingerprint density at radius 1 is 1.26 bits per heavy atom. The van der Waals surface area contributed by atoms with Crippen LogP contribution in [0.4, 0.5) is 5.69 Å². The van der Waals surface area contributed by atoms with Crippen LogP contribution in [0.1, 0.15) is 11.1 Å². The summed E-state index contributed by atoms with van der Waals surface area (Å²) < 4.78 is 16.9. The fraction of sp³-hybridized carbons (Fsp3) is 0.235. The van der Waals surface area contributed by atoms with E-state index in [-0.39, 0.29) is 0 Å². The molecule has 4 nitrogen and oxygen atoms in total. The molecule has 0 fully saturated rings. The van der Waals surface area contributed by atoms with E-state index in [2.05, 4.69) is 11.4 Å². The summed E-state index contributed by atoms with van der Waals surface area (Å²) in [4.78, 5) is 0. The Hall–Kier alpha value is -2.03. The van der Waals surface area contributed by atoms with Gasteiger partial charge in [-0.2, -0.15) is 5.26 Å². The van der Waals surface area contributed by atoms with Gasteiger partial charge in [0.15, 0.2) is 0 Å². The lowest BCUT2D eigenvalue weighted by molar-refractivity contribution is 0.333. The van der Waals surface area contributed by atoms with Crippen LogP contribution in [-0.2, 0) is 16.6 Å². The minimum atomic E-state index is -0.930. The first kappa shape index (κ1) is 17.3. The van der Waals surface area contributed by atoms with Crippen molar-refractivity contribution in [2.45, 2.75) is 5.75 Å². The van der Waals surface area contributed by atoms with Gasteiger partial charge in [-0.05, 0) is 48.0 Å². The number of halogens is 1. The van der Waals surface area contributed by atoms with Crippen LogP contribution in [0.3, 0.4) is 0 Å². The first-order valence-electron chi connectivity index (χ1n) is 7.04.